The Hall–Kier alpha value is -0.940. The van der Waals surface area contributed by atoms with Gasteiger partial charge in [0.15, 0.2) is 0 Å². The SMILES string of the molecule is CC1CC2(CC(c3ccccn3)N1)OCCc1cc(Cl)sc12. The van der Waals surface area contributed by atoms with Crippen LogP contribution in [0.1, 0.15) is 41.9 Å². The van der Waals surface area contributed by atoms with Crippen molar-refractivity contribution in [3.05, 3.63) is 50.9 Å². The minimum absolute atomic E-state index is 0.210. The van der Waals surface area contributed by atoms with Crippen molar-refractivity contribution in [2.24, 2.45) is 0 Å². The second-order valence-electron chi connectivity index (χ2n) is 6.28. The number of halogens is 1. The first-order valence-electron chi connectivity index (χ1n) is 7.76. The second-order valence-corrected chi connectivity index (χ2v) is 7.96. The molecule has 5 heteroatoms. The van der Waals surface area contributed by atoms with Crippen molar-refractivity contribution in [3.8, 4) is 0 Å². The molecule has 116 valence electrons. The highest BCUT2D eigenvalue weighted by atomic mass is 35.5. The zero-order chi connectivity index (χ0) is 15.2. The van der Waals surface area contributed by atoms with Crippen LogP contribution in [0.3, 0.4) is 0 Å². The maximum Gasteiger partial charge on any atom is 0.106 e. The number of hydrogen-bond donors (Lipinski definition) is 1. The third-order valence-corrected chi connectivity index (χ3v) is 6.13. The van der Waals surface area contributed by atoms with Crippen molar-refractivity contribution in [1.29, 1.82) is 0 Å². The van der Waals surface area contributed by atoms with Crippen LogP contribution in [-0.2, 0) is 16.8 Å². The molecule has 0 radical (unpaired) electrons. The predicted molar refractivity (Wildman–Crippen MR) is 89.5 cm³/mol. The fraction of sp³-hybridized carbons (Fsp3) is 0.471. The Bertz CT molecular complexity index is 675. The number of hydrogen-bond acceptors (Lipinski definition) is 4. The van der Waals surface area contributed by atoms with Gasteiger partial charge in [0.2, 0.25) is 0 Å². The van der Waals surface area contributed by atoms with Gasteiger partial charge in [-0.25, -0.2) is 0 Å². The Morgan fingerprint density at radius 1 is 1.41 bits per heavy atom. The molecule has 1 spiro atoms. The van der Waals surface area contributed by atoms with Crippen molar-refractivity contribution in [2.45, 2.75) is 43.9 Å². The molecule has 0 bridgehead atoms. The summed E-state index contributed by atoms with van der Waals surface area (Å²) in [6.45, 7) is 3.01. The third-order valence-electron chi connectivity index (χ3n) is 4.64. The van der Waals surface area contributed by atoms with Crippen LogP contribution in [0.2, 0.25) is 4.34 Å². The monoisotopic (exact) mass is 334 g/mol. The van der Waals surface area contributed by atoms with E-state index in [0.29, 0.717) is 6.04 Å². The predicted octanol–water partition coefficient (Wildman–Crippen LogP) is 4.08. The maximum absolute atomic E-state index is 6.35. The van der Waals surface area contributed by atoms with Crippen LogP contribution < -0.4 is 5.32 Å². The average molecular weight is 335 g/mol. The zero-order valence-electron chi connectivity index (χ0n) is 12.5. The molecule has 1 fully saturated rings. The summed E-state index contributed by atoms with van der Waals surface area (Å²) in [6.07, 6.45) is 4.73. The van der Waals surface area contributed by atoms with Crippen molar-refractivity contribution in [1.82, 2.24) is 10.3 Å². The van der Waals surface area contributed by atoms with E-state index in [1.807, 2.05) is 18.3 Å². The standard InChI is InChI=1S/C17H19ClN2OS/c1-11-9-17(10-14(20-11)13-4-2-3-6-19-13)16-12(5-7-21-17)8-15(18)22-16/h2-4,6,8,11,14,20H,5,7,9-10H2,1H3. The number of piperidine rings is 1. The lowest BCUT2D eigenvalue weighted by atomic mass is 9.79. The van der Waals surface area contributed by atoms with E-state index in [4.69, 9.17) is 16.3 Å². The molecule has 3 nitrogen and oxygen atoms in total. The first-order valence-corrected chi connectivity index (χ1v) is 8.95. The van der Waals surface area contributed by atoms with Gasteiger partial charge in [0.25, 0.3) is 0 Å². The highest BCUT2D eigenvalue weighted by Gasteiger charge is 2.46. The molecular weight excluding hydrogens is 316 g/mol. The average Bonchev–Trinajstić information content (AvgIpc) is 2.90. The van der Waals surface area contributed by atoms with E-state index in [-0.39, 0.29) is 11.6 Å². The largest absolute Gasteiger partial charge is 0.369 e. The van der Waals surface area contributed by atoms with Crippen LogP contribution in [-0.4, -0.2) is 17.6 Å². The summed E-state index contributed by atoms with van der Waals surface area (Å²) in [5.41, 5.74) is 2.25. The molecular formula is C17H19ClN2OS. The molecule has 3 unspecified atom stereocenters. The van der Waals surface area contributed by atoms with E-state index in [1.165, 1.54) is 10.4 Å². The quantitative estimate of drug-likeness (QED) is 0.853. The fourth-order valence-electron chi connectivity index (χ4n) is 3.83. The first kappa shape index (κ1) is 14.6. The lowest BCUT2D eigenvalue weighted by Crippen LogP contribution is -2.49. The Labute approximate surface area is 139 Å². The normalized spacial score (nSPS) is 31.2. The van der Waals surface area contributed by atoms with Crippen LogP contribution in [0.4, 0.5) is 0 Å². The molecule has 4 heterocycles. The Kier molecular flexibility index (Phi) is 3.73. The minimum Gasteiger partial charge on any atom is -0.369 e. The van der Waals surface area contributed by atoms with Crippen molar-refractivity contribution in [3.63, 3.8) is 0 Å². The molecule has 1 N–H and O–H groups in total. The number of fused-ring (bicyclic) bond motifs is 2. The van der Waals surface area contributed by atoms with Gasteiger partial charge in [0, 0.05) is 23.5 Å². The van der Waals surface area contributed by atoms with Crippen molar-refractivity contribution < 1.29 is 4.74 Å². The molecule has 0 saturated carbocycles. The van der Waals surface area contributed by atoms with Crippen LogP contribution in [0.25, 0.3) is 0 Å². The van der Waals surface area contributed by atoms with E-state index in [0.717, 1.165) is 35.9 Å². The van der Waals surface area contributed by atoms with Crippen LogP contribution in [0.5, 0.6) is 0 Å². The van der Waals surface area contributed by atoms with Crippen molar-refractivity contribution in [2.75, 3.05) is 6.61 Å². The molecule has 0 aromatic carbocycles. The molecule has 2 aliphatic heterocycles. The van der Waals surface area contributed by atoms with Crippen LogP contribution >= 0.6 is 22.9 Å². The van der Waals surface area contributed by atoms with Gasteiger partial charge < -0.3 is 10.1 Å². The van der Waals surface area contributed by atoms with Gasteiger partial charge in [-0.15, -0.1) is 11.3 Å². The summed E-state index contributed by atoms with van der Waals surface area (Å²) >= 11 is 7.97. The molecule has 2 aromatic rings. The van der Waals surface area contributed by atoms with E-state index < -0.39 is 0 Å². The first-order chi connectivity index (χ1) is 10.7. The second kappa shape index (κ2) is 5.60. The molecule has 0 amide bonds. The van der Waals surface area contributed by atoms with E-state index in [2.05, 4.69) is 29.4 Å². The lowest BCUT2D eigenvalue weighted by Gasteiger charge is -2.46. The van der Waals surface area contributed by atoms with Crippen LogP contribution in [0.15, 0.2) is 30.5 Å². The highest BCUT2D eigenvalue weighted by Crippen LogP contribution is 2.49. The molecule has 3 atom stereocenters. The van der Waals surface area contributed by atoms with Gasteiger partial charge in [0.1, 0.15) is 5.60 Å². The molecule has 2 aliphatic rings. The maximum atomic E-state index is 6.35. The van der Waals surface area contributed by atoms with Crippen molar-refractivity contribution >= 4 is 22.9 Å². The summed E-state index contributed by atoms with van der Waals surface area (Å²) < 4.78 is 7.22. The molecule has 0 aliphatic carbocycles. The Morgan fingerprint density at radius 3 is 3.14 bits per heavy atom. The number of ether oxygens (including phenoxy) is 1. The lowest BCUT2D eigenvalue weighted by molar-refractivity contribution is -0.0957. The summed E-state index contributed by atoms with van der Waals surface area (Å²) in [5, 5.41) is 3.67. The zero-order valence-corrected chi connectivity index (χ0v) is 14.1. The van der Waals surface area contributed by atoms with Gasteiger partial charge in [0.05, 0.1) is 22.7 Å². The number of nitrogens with zero attached hydrogens (tertiary/aromatic N) is 1. The number of aromatic nitrogens is 1. The number of nitrogens with one attached hydrogen (secondary N) is 1. The Balaban J connectivity index is 1.73. The van der Waals surface area contributed by atoms with Gasteiger partial charge in [-0.2, -0.15) is 0 Å². The van der Waals surface area contributed by atoms with E-state index in [9.17, 15) is 0 Å². The van der Waals surface area contributed by atoms with Gasteiger partial charge in [-0.1, -0.05) is 17.7 Å². The molecule has 4 rings (SSSR count). The summed E-state index contributed by atoms with van der Waals surface area (Å²) in [5.74, 6) is 0. The van der Waals surface area contributed by atoms with Gasteiger partial charge in [-0.3, -0.25) is 4.98 Å². The summed E-state index contributed by atoms with van der Waals surface area (Å²) in [7, 11) is 0. The number of rotatable bonds is 1. The number of pyridine rings is 1. The minimum atomic E-state index is -0.210. The number of thiophene rings is 1. The fourth-order valence-corrected chi connectivity index (χ4v) is 5.30. The third kappa shape index (κ3) is 2.48. The molecule has 1 saturated heterocycles. The Morgan fingerprint density at radius 2 is 2.32 bits per heavy atom. The highest BCUT2D eigenvalue weighted by molar-refractivity contribution is 7.16. The topological polar surface area (TPSA) is 34.2 Å². The van der Waals surface area contributed by atoms with E-state index >= 15 is 0 Å². The smallest absolute Gasteiger partial charge is 0.106 e. The van der Waals surface area contributed by atoms with E-state index in [1.54, 1.807) is 11.3 Å². The molecule has 22 heavy (non-hydrogen) atoms. The van der Waals surface area contributed by atoms with Gasteiger partial charge >= 0.3 is 0 Å². The van der Waals surface area contributed by atoms with Crippen LogP contribution in [0, 0.1) is 0 Å². The summed E-state index contributed by atoms with van der Waals surface area (Å²) in [4.78, 5) is 5.87. The molecule has 2 aromatic heterocycles. The van der Waals surface area contributed by atoms with Gasteiger partial charge in [-0.05, 0) is 43.5 Å². The summed E-state index contributed by atoms with van der Waals surface area (Å²) in [6, 6.07) is 8.82.